The normalized spacial score (nSPS) is 11.0. The van der Waals surface area contributed by atoms with E-state index in [0.29, 0.717) is 0 Å². The lowest BCUT2D eigenvalue weighted by Gasteiger charge is -2.09. The van der Waals surface area contributed by atoms with Crippen LogP contribution in [0.2, 0.25) is 0 Å². The molecule has 0 radical (unpaired) electrons. The average molecular weight is 370 g/mol. The summed E-state index contributed by atoms with van der Waals surface area (Å²) >= 11 is 3.26. The molecule has 2 rings (SSSR count). The minimum absolute atomic E-state index is 0.138. The van der Waals surface area contributed by atoms with Crippen LogP contribution in [-0.2, 0) is 10.0 Å². The maximum Gasteiger partial charge on any atom is 0.263 e. The number of nitrogens with zero attached hydrogens (tertiary/aromatic N) is 2. The van der Waals surface area contributed by atoms with Crippen LogP contribution in [-0.4, -0.2) is 13.4 Å². The number of hydrogen-bond donors (Lipinski definition) is 1. The topological polar surface area (TPSA) is 82.9 Å². The van der Waals surface area contributed by atoms with E-state index in [1.54, 1.807) is 19.1 Å². The van der Waals surface area contributed by atoms with Crippen molar-refractivity contribution in [3.8, 4) is 6.07 Å². The maximum atomic E-state index is 13.2. The predicted octanol–water partition coefficient (Wildman–Crippen LogP) is 2.96. The fraction of sp³-hybridized carbons (Fsp3) is 0.0769. The molecule has 0 aliphatic carbocycles. The number of pyridine rings is 1. The summed E-state index contributed by atoms with van der Waals surface area (Å²) in [6, 6.07) is 6.15. The molecule has 0 spiro atoms. The van der Waals surface area contributed by atoms with Crippen molar-refractivity contribution in [2.45, 2.75) is 11.8 Å². The van der Waals surface area contributed by atoms with Gasteiger partial charge in [-0.15, -0.1) is 0 Å². The van der Waals surface area contributed by atoms with E-state index < -0.39 is 15.8 Å². The summed E-state index contributed by atoms with van der Waals surface area (Å²) in [7, 11) is -3.94. The second kappa shape index (κ2) is 5.79. The molecule has 0 aliphatic heterocycles. The third-order valence-corrected chi connectivity index (χ3v) is 4.84. The van der Waals surface area contributed by atoms with Gasteiger partial charge in [-0.05, 0) is 52.7 Å². The van der Waals surface area contributed by atoms with Gasteiger partial charge in [0.25, 0.3) is 10.0 Å². The van der Waals surface area contributed by atoms with Gasteiger partial charge in [-0.1, -0.05) is 0 Å². The van der Waals surface area contributed by atoms with Gasteiger partial charge in [0.05, 0.1) is 10.5 Å². The molecule has 0 saturated carbocycles. The second-order valence-corrected chi connectivity index (χ2v) is 6.71. The second-order valence-electron chi connectivity index (χ2n) is 4.18. The summed E-state index contributed by atoms with van der Waals surface area (Å²) in [5.41, 5.74) is 0.470. The molecule has 2 aromatic rings. The van der Waals surface area contributed by atoms with Crippen LogP contribution in [0, 0.1) is 24.1 Å². The largest absolute Gasteiger partial charge is 0.263 e. The van der Waals surface area contributed by atoms with Crippen molar-refractivity contribution in [1.82, 2.24) is 4.98 Å². The molecule has 0 atom stereocenters. The molecule has 1 aromatic carbocycles. The lowest BCUT2D eigenvalue weighted by atomic mass is 10.2. The number of nitrogens with one attached hydrogen (secondary N) is 1. The van der Waals surface area contributed by atoms with Gasteiger partial charge in [-0.2, -0.15) is 5.26 Å². The highest BCUT2D eigenvalue weighted by molar-refractivity contribution is 9.10. The Morgan fingerprint density at radius 2 is 2.10 bits per heavy atom. The minimum atomic E-state index is -3.94. The summed E-state index contributed by atoms with van der Waals surface area (Å²) in [5, 5.41) is 8.74. The van der Waals surface area contributed by atoms with Gasteiger partial charge in [0.1, 0.15) is 17.7 Å². The quantitative estimate of drug-likeness (QED) is 0.901. The number of aryl methyl sites for hydroxylation is 1. The number of rotatable bonds is 3. The zero-order valence-electron chi connectivity index (χ0n) is 10.8. The Kier molecular flexibility index (Phi) is 4.25. The average Bonchev–Trinajstić information content (AvgIpc) is 2.43. The molecule has 0 unspecified atom stereocenters. The van der Waals surface area contributed by atoms with Crippen molar-refractivity contribution in [1.29, 1.82) is 5.26 Å². The van der Waals surface area contributed by atoms with E-state index in [1.165, 1.54) is 6.20 Å². The van der Waals surface area contributed by atoms with Crippen molar-refractivity contribution in [2.24, 2.45) is 0 Å². The number of anilines is 1. The lowest BCUT2D eigenvalue weighted by molar-refractivity contribution is 0.599. The van der Waals surface area contributed by atoms with E-state index in [0.717, 1.165) is 28.2 Å². The summed E-state index contributed by atoms with van der Waals surface area (Å²) in [5.74, 6) is -0.632. The van der Waals surface area contributed by atoms with Gasteiger partial charge in [-0.3, -0.25) is 4.72 Å². The Hall–Kier alpha value is -1.98. The number of nitriles is 1. The number of hydrogen-bond acceptors (Lipinski definition) is 4. The molecule has 108 valence electrons. The first-order valence-electron chi connectivity index (χ1n) is 5.68. The van der Waals surface area contributed by atoms with Crippen LogP contribution in [0.1, 0.15) is 11.1 Å². The molecule has 0 aliphatic rings. The molecule has 8 heteroatoms. The summed E-state index contributed by atoms with van der Waals surface area (Å²) in [4.78, 5) is 3.73. The Morgan fingerprint density at radius 3 is 2.71 bits per heavy atom. The molecule has 1 aromatic heterocycles. The third kappa shape index (κ3) is 3.37. The van der Waals surface area contributed by atoms with Gasteiger partial charge < -0.3 is 0 Å². The van der Waals surface area contributed by atoms with Crippen LogP contribution in [0.3, 0.4) is 0 Å². The van der Waals surface area contributed by atoms with E-state index >= 15 is 0 Å². The first-order valence-corrected chi connectivity index (χ1v) is 7.96. The SMILES string of the molecule is Cc1cc(NS(=O)(=O)c2ccc(F)c(C#N)c2)ncc1Br. The molecule has 0 saturated heterocycles. The molecule has 0 bridgehead atoms. The highest BCUT2D eigenvalue weighted by atomic mass is 79.9. The van der Waals surface area contributed by atoms with E-state index in [4.69, 9.17) is 5.26 Å². The lowest BCUT2D eigenvalue weighted by Crippen LogP contribution is -2.14. The fourth-order valence-electron chi connectivity index (χ4n) is 1.55. The number of benzene rings is 1. The molecule has 21 heavy (non-hydrogen) atoms. The molecule has 1 N–H and O–H groups in total. The Bertz CT molecular complexity index is 847. The Balaban J connectivity index is 2.38. The molecular weight excluding hydrogens is 361 g/mol. The van der Waals surface area contributed by atoms with Crippen molar-refractivity contribution in [2.75, 3.05) is 4.72 Å². The van der Waals surface area contributed by atoms with Crippen LogP contribution in [0.15, 0.2) is 39.8 Å². The van der Waals surface area contributed by atoms with Crippen molar-refractivity contribution in [3.63, 3.8) is 0 Å². The van der Waals surface area contributed by atoms with Crippen molar-refractivity contribution >= 4 is 31.8 Å². The maximum absolute atomic E-state index is 13.2. The Labute approximate surface area is 129 Å². The third-order valence-electron chi connectivity index (χ3n) is 2.65. The minimum Gasteiger partial charge on any atom is -0.263 e. The standard InChI is InChI=1S/C13H9BrFN3O2S/c1-8-4-13(17-7-11(8)14)18-21(19,20)10-2-3-12(15)9(5-10)6-16/h2-5,7H,1H3,(H,17,18). The zero-order valence-corrected chi connectivity index (χ0v) is 13.2. The predicted molar refractivity (Wildman–Crippen MR) is 78.6 cm³/mol. The zero-order chi connectivity index (χ0) is 15.6. The molecule has 0 amide bonds. The first-order chi connectivity index (χ1) is 9.83. The molecular formula is C13H9BrFN3O2S. The van der Waals surface area contributed by atoms with Crippen LogP contribution < -0.4 is 4.72 Å². The number of aromatic nitrogens is 1. The van der Waals surface area contributed by atoms with Gasteiger partial charge >= 0.3 is 0 Å². The first kappa shape index (κ1) is 15.4. The van der Waals surface area contributed by atoms with E-state index in [2.05, 4.69) is 25.6 Å². The fourth-order valence-corrected chi connectivity index (χ4v) is 2.79. The van der Waals surface area contributed by atoms with Crippen LogP contribution >= 0.6 is 15.9 Å². The summed E-state index contributed by atoms with van der Waals surface area (Å²) in [6.07, 6.45) is 1.47. The van der Waals surface area contributed by atoms with E-state index in [9.17, 15) is 12.8 Å². The van der Waals surface area contributed by atoms with E-state index in [1.807, 2.05) is 0 Å². The van der Waals surface area contributed by atoms with Crippen LogP contribution in [0.25, 0.3) is 0 Å². The monoisotopic (exact) mass is 369 g/mol. The van der Waals surface area contributed by atoms with Gasteiger partial charge in [-0.25, -0.2) is 17.8 Å². The smallest absolute Gasteiger partial charge is 0.263 e. The molecule has 1 heterocycles. The van der Waals surface area contributed by atoms with Gasteiger partial charge in [0.2, 0.25) is 0 Å². The van der Waals surface area contributed by atoms with Gasteiger partial charge in [0, 0.05) is 10.7 Å². The summed E-state index contributed by atoms with van der Waals surface area (Å²) in [6.45, 7) is 1.79. The summed E-state index contributed by atoms with van der Waals surface area (Å²) < 4.78 is 40.6. The molecule has 5 nitrogen and oxygen atoms in total. The van der Waals surface area contributed by atoms with Crippen LogP contribution in [0.5, 0.6) is 0 Å². The molecule has 0 fully saturated rings. The van der Waals surface area contributed by atoms with Gasteiger partial charge in [0.15, 0.2) is 0 Å². The van der Waals surface area contributed by atoms with Crippen LogP contribution in [0.4, 0.5) is 10.2 Å². The highest BCUT2D eigenvalue weighted by Crippen LogP contribution is 2.21. The van der Waals surface area contributed by atoms with Crippen molar-refractivity contribution < 1.29 is 12.8 Å². The highest BCUT2D eigenvalue weighted by Gasteiger charge is 2.17. The Morgan fingerprint density at radius 1 is 1.38 bits per heavy atom. The number of sulfonamides is 1. The van der Waals surface area contributed by atoms with Crippen molar-refractivity contribution in [3.05, 3.63) is 51.9 Å². The van der Waals surface area contributed by atoms with E-state index in [-0.39, 0.29) is 16.3 Å². The number of halogens is 2.